The van der Waals surface area contributed by atoms with E-state index in [2.05, 4.69) is 376 Å². The van der Waals surface area contributed by atoms with E-state index in [0.717, 1.165) is 6.42 Å². The lowest BCUT2D eigenvalue weighted by Gasteiger charge is -2.04. The monoisotopic (exact) mass is 1190 g/mol. The first-order valence-corrected chi connectivity index (χ1v) is 32.3. The first-order valence-electron chi connectivity index (χ1n) is 32.3. The quantitative estimate of drug-likeness (QED) is 0.122. The van der Waals surface area contributed by atoms with Gasteiger partial charge in [-0.2, -0.15) is 0 Å². The lowest BCUT2D eigenvalue weighted by atomic mass is 10.0. The maximum atomic E-state index is 2.25. The van der Waals surface area contributed by atoms with Crippen molar-refractivity contribution in [1.82, 2.24) is 0 Å². The van der Waals surface area contributed by atoms with Gasteiger partial charge >= 0.3 is 0 Å². The van der Waals surface area contributed by atoms with Gasteiger partial charge in [0, 0.05) is 0 Å². The maximum Gasteiger partial charge on any atom is -0.00135 e. The minimum Gasteiger partial charge on any atom is -0.0622 e. The van der Waals surface area contributed by atoms with Gasteiger partial charge in [0.1, 0.15) is 0 Å². The van der Waals surface area contributed by atoms with E-state index in [4.69, 9.17) is 0 Å². The fraction of sp³-hybridized carbons (Fsp3) is 0.0323. The molecule has 17 aromatic carbocycles. The second-order valence-corrected chi connectivity index (χ2v) is 23.4. The molecule has 0 radical (unpaired) electrons. The molecule has 0 unspecified atom stereocenters. The van der Waals surface area contributed by atoms with Crippen LogP contribution in [0.5, 0.6) is 0 Å². The van der Waals surface area contributed by atoms with Crippen molar-refractivity contribution in [1.29, 1.82) is 0 Å². The fourth-order valence-electron chi connectivity index (χ4n) is 12.6. The van der Waals surface area contributed by atoms with Crippen LogP contribution in [0.25, 0.3) is 109 Å². The third kappa shape index (κ3) is 15.1. The van der Waals surface area contributed by atoms with Crippen LogP contribution in [0, 0.1) is 0 Å². The van der Waals surface area contributed by atoms with Gasteiger partial charge in [0.25, 0.3) is 0 Å². The molecule has 0 amide bonds. The van der Waals surface area contributed by atoms with Crippen molar-refractivity contribution in [3.8, 4) is 44.5 Å². The summed E-state index contributed by atoms with van der Waals surface area (Å²) in [6.45, 7) is 0. The molecule has 0 bridgehead atoms. The predicted molar refractivity (Wildman–Crippen MR) is 402 cm³/mol. The number of hydrogen-bond donors (Lipinski definition) is 0. The van der Waals surface area contributed by atoms with E-state index in [1.54, 1.807) is 0 Å². The van der Waals surface area contributed by atoms with Crippen molar-refractivity contribution in [2.75, 3.05) is 0 Å². The summed E-state index contributed by atoms with van der Waals surface area (Å²) in [5.74, 6) is 0. The van der Waals surface area contributed by atoms with Crippen LogP contribution in [0.2, 0.25) is 0 Å². The average molecular weight is 1190 g/mol. The molecule has 0 fully saturated rings. The lowest BCUT2D eigenvalue weighted by molar-refractivity contribution is 1.02. The highest BCUT2D eigenvalue weighted by molar-refractivity contribution is 6.07. The molecule has 2 aliphatic carbocycles. The highest BCUT2D eigenvalue weighted by Crippen LogP contribution is 2.36. The maximum absolute atomic E-state index is 2.25. The fourth-order valence-corrected chi connectivity index (χ4v) is 12.6. The second-order valence-electron chi connectivity index (χ2n) is 23.4. The Labute approximate surface area is 547 Å². The predicted octanol–water partition coefficient (Wildman–Crippen LogP) is 25.4. The zero-order chi connectivity index (χ0) is 62.6. The van der Waals surface area contributed by atoms with Crippen LogP contribution >= 0.6 is 0 Å². The Bertz CT molecular complexity index is 4790. The number of fused-ring (bicyclic) bond motifs is 9. The highest BCUT2D eigenvalue weighted by Gasteiger charge is 2.16. The number of rotatable bonds is 3. The summed E-state index contributed by atoms with van der Waals surface area (Å²) in [5.41, 5.74) is 16.4. The Morgan fingerprint density at radius 1 is 0.151 bits per heavy atom. The third-order valence-electron chi connectivity index (χ3n) is 17.4. The summed E-state index contributed by atoms with van der Waals surface area (Å²) in [6, 6.07) is 140. The van der Waals surface area contributed by atoms with Gasteiger partial charge in [0.2, 0.25) is 0 Å². The average Bonchev–Trinajstić information content (AvgIpc) is 1.96. The van der Waals surface area contributed by atoms with E-state index in [1.807, 2.05) is 24.3 Å². The number of hydrogen-bond acceptors (Lipinski definition) is 0. The Hall–Kier alpha value is -11.7. The molecule has 0 aromatic heterocycles. The van der Waals surface area contributed by atoms with E-state index in [1.165, 1.54) is 144 Å². The topological polar surface area (TPSA) is 0 Å². The first kappa shape index (κ1) is 60.2. The summed E-state index contributed by atoms with van der Waals surface area (Å²) in [4.78, 5) is 0. The highest BCUT2D eigenvalue weighted by atomic mass is 14.2. The van der Waals surface area contributed by atoms with E-state index in [9.17, 15) is 0 Å². The van der Waals surface area contributed by atoms with Gasteiger partial charge in [-0.25, -0.2) is 0 Å². The second kappa shape index (κ2) is 30.2. The Morgan fingerprint density at radius 2 is 0.398 bits per heavy atom. The summed E-state index contributed by atoms with van der Waals surface area (Å²) in [7, 11) is 0. The molecule has 0 nitrogen and oxygen atoms in total. The van der Waals surface area contributed by atoms with E-state index >= 15 is 0 Å². The Balaban J connectivity index is 0.0000000994. The minimum atomic E-state index is 1.10. The van der Waals surface area contributed by atoms with Gasteiger partial charge in [-0.15, -0.1) is 0 Å². The van der Waals surface area contributed by atoms with Crippen molar-refractivity contribution in [2.24, 2.45) is 0 Å². The van der Waals surface area contributed by atoms with E-state index in [-0.39, 0.29) is 0 Å². The molecule has 93 heavy (non-hydrogen) atoms. The van der Waals surface area contributed by atoms with Gasteiger partial charge in [-0.05, 0) is 163 Å². The van der Waals surface area contributed by atoms with Crippen molar-refractivity contribution >= 4 is 64.6 Å². The van der Waals surface area contributed by atoms with Crippen LogP contribution in [-0.4, -0.2) is 0 Å². The zero-order valence-electron chi connectivity index (χ0n) is 52.2. The number of aryl methyl sites for hydroxylation is 2. The van der Waals surface area contributed by atoms with Crippen LogP contribution in [0.4, 0.5) is 0 Å². The molecule has 0 N–H and O–H groups in total. The smallest absolute Gasteiger partial charge is 0.00135 e. The minimum absolute atomic E-state index is 1.10. The molecule has 0 heteroatoms. The number of benzene rings is 17. The van der Waals surface area contributed by atoms with Crippen LogP contribution in [-0.2, 0) is 19.3 Å². The molecule has 0 aliphatic heterocycles. The zero-order valence-corrected chi connectivity index (χ0v) is 52.2. The third-order valence-corrected chi connectivity index (χ3v) is 17.4. The molecular formula is C93H72. The Morgan fingerprint density at radius 3 is 0.742 bits per heavy atom. The molecule has 0 saturated carbocycles. The summed E-state index contributed by atoms with van der Waals surface area (Å²) in [5, 5.41) is 16.1. The van der Waals surface area contributed by atoms with Crippen LogP contribution < -0.4 is 0 Å². The van der Waals surface area contributed by atoms with Crippen molar-refractivity contribution < 1.29 is 0 Å². The summed E-state index contributed by atoms with van der Waals surface area (Å²) < 4.78 is 0. The summed E-state index contributed by atoms with van der Waals surface area (Å²) >= 11 is 0. The normalized spacial score (nSPS) is 11.1. The molecule has 17 aromatic rings. The standard InChI is InChI=1S/C18H14.2C14H10.C13H10.2C12H10.C10H8/c1-3-7-15(8-4-1)17-11-13-18(14-12-17)16-9-5-2-6-10-16;1-3-7-13-11(5-1)9-10-12-6-2-4-8-14(12)13;1-2-6-12-10-14-8-4-3-7-13(14)9-11(12)5-1;1-3-7-12-10(5-1)9-11-6-2-4-8-13(11)12;1-3-9-4-2-6-11-8-7-10(5-1)12(9)11;1-3-7-11(8-4-1)12-9-5-2-6-10-12;1-2-6-10-8-4-3-7-9(10)5-1/h1-14H;2*1-10H;1-8H,9H2;1-6H,7-8H2;1-10H;1-8H. The first-order chi connectivity index (χ1) is 46.1. The van der Waals surface area contributed by atoms with Crippen molar-refractivity contribution in [3.05, 3.63) is 423 Å². The molecule has 0 spiro atoms. The van der Waals surface area contributed by atoms with Crippen molar-refractivity contribution in [2.45, 2.75) is 19.3 Å². The molecule has 0 atom stereocenters. The summed E-state index contributed by atoms with van der Waals surface area (Å²) in [6.07, 6.45) is 3.57. The molecule has 2 aliphatic rings. The SMILES string of the molecule is c1cc2c3c(cccc3c1)CC2.c1ccc(-c2ccc(-c3ccccc3)cc2)cc1.c1ccc(-c2ccccc2)cc1.c1ccc2c(c1)Cc1ccccc1-2.c1ccc2c(c1)ccc1ccccc12.c1ccc2cc3ccccc3cc2c1.c1ccc2ccccc2c1. The van der Waals surface area contributed by atoms with Gasteiger partial charge < -0.3 is 0 Å². The van der Waals surface area contributed by atoms with Gasteiger partial charge in [0.05, 0.1) is 0 Å². The van der Waals surface area contributed by atoms with E-state index < -0.39 is 0 Å². The molecule has 0 heterocycles. The Kier molecular flexibility index (Phi) is 19.6. The van der Waals surface area contributed by atoms with E-state index in [0.29, 0.717) is 0 Å². The molecule has 19 rings (SSSR count). The molecule has 444 valence electrons. The van der Waals surface area contributed by atoms with Gasteiger partial charge in [-0.1, -0.05) is 388 Å². The van der Waals surface area contributed by atoms with Crippen LogP contribution in [0.1, 0.15) is 22.3 Å². The van der Waals surface area contributed by atoms with Crippen molar-refractivity contribution in [3.63, 3.8) is 0 Å². The van der Waals surface area contributed by atoms with Gasteiger partial charge in [-0.3, -0.25) is 0 Å². The largest absolute Gasteiger partial charge is 0.0622 e. The van der Waals surface area contributed by atoms with Crippen LogP contribution in [0.3, 0.4) is 0 Å². The molecular weight excluding hydrogens is 1120 g/mol. The van der Waals surface area contributed by atoms with Crippen LogP contribution in [0.15, 0.2) is 400 Å². The molecule has 0 saturated heterocycles. The van der Waals surface area contributed by atoms with Gasteiger partial charge in [0.15, 0.2) is 0 Å². The lowest BCUT2D eigenvalue weighted by Crippen LogP contribution is -1.79.